The number of benzene rings is 1. The van der Waals surface area contributed by atoms with Crippen LogP contribution in [0.3, 0.4) is 0 Å². The summed E-state index contributed by atoms with van der Waals surface area (Å²) in [4.78, 5) is 46.6. The Morgan fingerprint density at radius 1 is 1.10 bits per heavy atom. The summed E-state index contributed by atoms with van der Waals surface area (Å²) in [6, 6.07) is 7.13. The number of ether oxygens (including phenoxy) is 1. The lowest BCUT2D eigenvalue weighted by molar-refractivity contribution is -0.139. The third-order valence-electron chi connectivity index (χ3n) is 4.82. The Morgan fingerprint density at radius 2 is 1.77 bits per heavy atom. The second-order valence-corrected chi connectivity index (χ2v) is 10.4. The number of fused-ring (bicyclic) bond motifs is 1. The molecule has 0 radical (unpaired) electrons. The van der Waals surface area contributed by atoms with Crippen LogP contribution in [-0.2, 0) is 14.3 Å². The second-order valence-electron chi connectivity index (χ2n) is 9.37. The molecule has 220 valence electrons. The SMILES string of the molecule is CCN.CCNc1nc(-c2cccc(NC(=O)CNCC(=O)OC)c2)c2c(N)c(C(=O)NC(C)(C)C)sc2n1.Cl. The normalized spacial score (nSPS) is 10.6. The standard InChI is InChI=1S/C24H31N7O4S.C2H7N.ClH/c1-6-27-23-29-19(17-18(25)20(36-22(17)30-23)21(34)31-24(2,3)4)13-8-7-9-14(10-13)28-15(32)11-26-12-16(33)35-5;1-2-3;/h7-10,26H,6,11-12,25H2,1-5H3,(H,28,32)(H,31,34)(H,27,29,30);2-3H2,1H3;1H. The van der Waals surface area contributed by atoms with Gasteiger partial charge in [0.15, 0.2) is 0 Å². The molecule has 2 amide bonds. The van der Waals surface area contributed by atoms with E-state index in [2.05, 4.69) is 36.0 Å². The number of rotatable bonds is 9. The molecule has 14 heteroatoms. The number of nitrogens with one attached hydrogen (secondary N) is 4. The van der Waals surface area contributed by atoms with Gasteiger partial charge in [0.2, 0.25) is 11.9 Å². The van der Waals surface area contributed by atoms with Crippen molar-refractivity contribution in [2.24, 2.45) is 5.73 Å². The molecule has 0 aliphatic heterocycles. The molecule has 0 bridgehead atoms. The Bertz CT molecular complexity index is 1310. The lowest BCUT2D eigenvalue weighted by atomic mass is 10.1. The van der Waals surface area contributed by atoms with Gasteiger partial charge in [-0.2, -0.15) is 0 Å². The first kappa shape index (κ1) is 34.5. The number of hydrogen-bond donors (Lipinski definition) is 6. The van der Waals surface area contributed by atoms with E-state index in [1.807, 2.05) is 40.7 Å². The first-order chi connectivity index (χ1) is 18.4. The van der Waals surface area contributed by atoms with Gasteiger partial charge in [-0.15, -0.1) is 23.7 Å². The summed E-state index contributed by atoms with van der Waals surface area (Å²) in [5, 5.41) is 12.1. The minimum atomic E-state index is -0.460. The molecule has 1 aromatic carbocycles. The van der Waals surface area contributed by atoms with Crippen molar-refractivity contribution < 1.29 is 19.1 Å². The van der Waals surface area contributed by atoms with Crippen LogP contribution in [0.4, 0.5) is 17.3 Å². The van der Waals surface area contributed by atoms with Crippen molar-refractivity contribution in [2.75, 3.05) is 49.7 Å². The highest BCUT2D eigenvalue weighted by Gasteiger charge is 2.24. The van der Waals surface area contributed by atoms with Gasteiger partial charge in [0.05, 0.1) is 37.0 Å². The first-order valence-electron chi connectivity index (χ1n) is 12.5. The predicted octanol–water partition coefficient (Wildman–Crippen LogP) is 2.99. The molecule has 2 aromatic heterocycles. The van der Waals surface area contributed by atoms with E-state index in [0.717, 1.165) is 6.54 Å². The molecule has 0 fully saturated rings. The zero-order valence-corrected chi connectivity index (χ0v) is 25.3. The minimum Gasteiger partial charge on any atom is -0.468 e. The van der Waals surface area contributed by atoms with Gasteiger partial charge in [-0.3, -0.25) is 19.7 Å². The number of nitrogens with zero attached hydrogens (tertiary/aromatic N) is 2. The summed E-state index contributed by atoms with van der Waals surface area (Å²) >= 11 is 1.21. The molecule has 8 N–H and O–H groups in total. The fourth-order valence-corrected chi connectivity index (χ4v) is 4.32. The van der Waals surface area contributed by atoms with E-state index in [-0.39, 0.29) is 37.3 Å². The van der Waals surface area contributed by atoms with Gasteiger partial charge >= 0.3 is 5.97 Å². The van der Waals surface area contributed by atoms with Crippen molar-refractivity contribution in [1.82, 2.24) is 20.6 Å². The molecule has 0 saturated carbocycles. The number of halogens is 1. The summed E-state index contributed by atoms with van der Waals surface area (Å²) in [5.41, 5.74) is 12.9. The maximum atomic E-state index is 12.9. The van der Waals surface area contributed by atoms with Gasteiger partial charge in [0.1, 0.15) is 9.71 Å². The van der Waals surface area contributed by atoms with Gasteiger partial charge in [-0.1, -0.05) is 19.1 Å². The van der Waals surface area contributed by atoms with Gasteiger partial charge in [0.25, 0.3) is 5.91 Å². The number of thiophene rings is 1. The number of methoxy groups -OCH3 is 1. The Kier molecular flexibility index (Phi) is 13.7. The van der Waals surface area contributed by atoms with Crippen LogP contribution in [0.2, 0.25) is 0 Å². The molecule has 0 saturated heterocycles. The van der Waals surface area contributed by atoms with Crippen LogP contribution in [0.25, 0.3) is 21.5 Å². The quantitative estimate of drug-likeness (QED) is 0.201. The average Bonchev–Trinajstić information content (AvgIpc) is 3.19. The molecular formula is C26H39ClN8O4S. The van der Waals surface area contributed by atoms with Crippen LogP contribution >= 0.6 is 23.7 Å². The van der Waals surface area contributed by atoms with Crippen LogP contribution in [0.1, 0.15) is 44.3 Å². The molecule has 2 heterocycles. The van der Waals surface area contributed by atoms with E-state index in [1.54, 1.807) is 18.2 Å². The summed E-state index contributed by atoms with van der Waals surface area (Å²) < 4.78 is 4.54. The monoisotopic (exact) mass is 594 g/mol. The lowest BCUT2D eigenvalue weighted by Crippen LogP contribution is -2.40. The highest BCUT2D eigenvalue weighted by molar-refractivity contribution is 7.21. The number of anilines is 3. The molecule has 40 heavy (non-hydrogen) atoms. The third-order valence-corrected chi connectivity index (χ3v) is 5.92. The minimum absolute atomic E-state index is 0. The van der Waals surface area contributed by atoms with E-state index in [0.29, 0.717) is 50.2 Å². The van der Waals surface area contributed by atoms with Crippen molar-refractivity contribution in [3.05, 3.63) is 29.1 Å². The van der Waals surface area contributed by atoms with Crippen LogP contribution in [0, 0.1) is 0 Å². The number of esters is 1. The predicted molar refractivity (Wildman–Crippen MR) is 164 cm³/mol. The molecule has 3 aromatic rings. The van der Waals surface area contributed by atoms with E-state index in [9.17, 15) is 14.4 Å². The van der Waals surface area contributed by atoms with Crippen molar-refractivity contribution in [3.8, 4) is 11.3 Å². The van der Waals surface area contributed by atoms with Crippen LogP contribution in [-0.4, -0.2) is 66.6 Å². The summed E-state index contributed by atoms with van der Waals surface area (Å²) in [6.07, 6.45) is 0. The molecule has 0 unspecified atom stereocenters. The molecule has 3 rings (SSSR count). The fourth-order valence-electron chi connectivity index (χ4n) is 3.33. The van der Waals surface area contributed by atoms with Crippen LogP contribution < -0.4 is 32.7 Å². The van der Waals surface area contributed by atoms with Gasteiger partial charge in [-0.05, 0) is 46.4 Å². The maximum absolute atomic E-state index is 12.9. The number of carbonyl (C=O) groups excluding carboxylic acids is 3. The van der Waals surface area contributed by atoms with Crippen molar-refractivity contribution in [1.29, 1.82) is 0 Å². The Balaban J connectivity index is 0.00000191. The Morgan fingerprint density at radius 3 is 2.38 bits per heavy atom. The van der Waals surface area contributed by atoms with Crippen LogP contribution in [0.5, 0.6) is 0 Å². The van der Waals surface area contributed by atoms with Crippen molar-refractivity contribution in [2.45, 2.75) is 40.2 Å². The molecule has 0 aliphatic carbocycles. The second kappa shape index (κ2) is 15.9. The first-order valence-corrected chi connectivity index (χ1v) is 13.3. The fraction of sp³-hybridized carbons (Fsp3) is 0.423. The zero-order chi connectivity index (χ0) is 29.2. The molecule has 0 spiro atoms. The summed E-state index contributed by atoms with van der Waals surface area (Å²) in [7, 11) is 1.28. The van der Waals surface area contributed by atoms with Gasteiger partial charge < -0.3 is 32.2 Å². The number of aromatic nitrogens is 2. The molecular weight excluding hydrogens is 556 g/mol. The van der Waals surface area contributed by atoms with Crippen LogP contribution in [0.15, 0.2) is 24.3 Å². The highest BCUT2D eigenvalue weighted by Crippen LogP contribution is 2.39. The van der Waals surface area contributed by atoms with Gasteiger partial charge in [-0.25, -0.2) is 9.97 Å². The number of nitrogen functional groups attached to an aromatic ring is 1. The van der Waals surface area contributed by atoms with Gasteiger partial charge in [0, 0.05) is 23.3 Å². The molecule has 12 nitrogen and oxygen atoms in total. The average molecular weight is 595 g/mol. The summed E-state index contributed by atoms with van der Waals surface area (Å²) in [5.74, 6) is -0.656. The zero-order valence-electron chi connectivity index (χ0n) is 23.6. The number of nitrogens with two attached hydrogens (primary N) is 2. The smallest absolute Gasteiger partial charge is 0.319 e. The van der Waals surface area contributed by atoms with Crippen molar-refractivity contribution >= 4 is 69.1 Å². The molecule has 0 atom stereocenters. The van der Waals surface area contributed by atoms with E-state index in [1.165, 1.54) is 18.4 Å². The third kappa shape index (κ3) is 9.90. The number of carbonyl (C=O) groups is 3. The van der Waals surface area contributed by atoms with Crippen molar-refractivity contribution in [3.63, 3.8) is 0 Å². The highest BCUT2D eigenvalue weighted by atomic mass is 35.5. The maximum Gasteiger partial charge on any atom is 0.319 e. The largest absolute Gasteiger partial charge is 0.468 e. The van der Waals surface area contributed by atoms with E-state index >= 15 is 0 Å². The summed E-state index contributed by atoms with van der Waals surface area (Å²) in [6.45, 7) is 10.7. The Labute approximate surface area is 244 Å². The number of hydrogen-bond acceptors (Lipinski definition) is 11. The molecule has 0 aliphatic rings. The Hall–Kier alpha value is -3.52. The van der Waals surface area contributed by atoms with E-state index in [4.69, 9.17) is 11.5 Å². The number of amides is 2. The van der Waals surface area contributed by atoms with E-state index < -0.39 is 11.5 Å². The lowest BCUT2D eigenvalue weighted by Gasteiger charge is -2.20. The topological polar surface area (TPSA) is 186 Å².